The van der Waals surface area contributed by atoms with Crippen LogP contribution in [0.3, 0.4) is 0 Å². The second kappa shape index (κ2) is 21.3. The Morgan fingerprint density at radius 2 is 1.58 bits per heavy atom. The Balaban J connectivity index is 1.74. The molecular weight excluding hydrogens is 771 g/mol. The van der Waals surface area contributed by atoms with E-state index in [0.29, 0.717) is 25.3 Å². The molecule has 6 N–H and O–H groups in total. The largest absolute Gasteiger partial charge is 0.459 e. The molecule has 0 bridgehead atoms. The number of carbonyl (C=O) groups is 1. The highest BCUT2D eigenvalue weighted by Crippen LogP contribution is 2.44. The van der Waals surface area contributed by atoms with Crippen LogP contribution < -0.4 is 10.6 Å². The lowest BCUT2D eigenvalue weighted by Crippen LogP contribution is -2.70. The molecule has 1 saturated carbocycles. The van der Waals surface area contributed by atoms with Gasteiger partial charge in [-0.15, -0.1) is 0 Å². The highest BCUT2D eigenvalue weighted by molar-refractivity contribution is 5.73. The standard InChI is InChI=1S/C46H87N3O11/c1-15-35-45(11,53)39(51)27(2)24-48-28(3)22-43(8,9)40(60-42-37(50)34(49(12)13)21-29(4)56-42)30(5)38(31(6)41(52)58-35)59-36-23-44(10,55-14)46(54,32(7)57-36)26-47-25-33-19-17-16-18-20-33/h27-40,42,47-48,50-51,53-54H,15-26H2,1-14H3/t27-,28+,29+,30-,31+,32-,34-,35+,36+,37+,38+,39+,40+,42-,44-,45+,46+/m0/s1. The van der Waals surface area contributed by atoms with Crippen molar-refractivity contribution in [1.29, 1.82) is 0 Å². The summed E-state index contributed by atoms with van der Waals surface area (Å²) < 4.78 is 39.3. The molecule has 0 amide bonds. The fourth-order valence-corrected chi connectivity index (χ4v) is 10.9. The summed E-state index contributed by atoms with van der Waals surface area (Å²) in [6.45, 7) is 22.5. The molecule has 4 aliphatic rings. The van der Waals surface area contributed by atoms with E-state index in [0.717, 1.165) is 6.54 Å². The van der Waals surface area contributed by atoms with E-state index in [1.165, 1.54) is 39.0 Å². The van der Waals surface area contributed by atoms with Gasteiger partial charge in [-0.2, -0.15) is 0 Å². The van der Waals surface area contributed by atoms with Crippen molar-refractivity contribution < 1.29 is 53.6 Å². The van der Waals surface area contributed by atoms with Crippen molar-refractivity contribution in [2.45, 2.75) is 218 Å². The third kappa shape index (κ3) is 11.8. The Morgan fingerprint density at radius 1 is 0.933 bits per heavy atom. The summed E-state index contributed by atoms with van der Waals surface area (Å²) in [5.41, 5.74) is -4.82. The van der Waals surface area contributed by atoms with Gasteiger partial charge in [0, 0.05) is 44.6 Å². The summed E-state index contributed by atoms with van der Waals surface area (Å²) >= 11 is 0. The number of nitrogens with zero attached hydrogens (tertiary/aromatic N) is 1. The summed E-state index contributed by atoms with van der Waals surface area (Å²) in [7, 11) is 5.48. The van der Waals surface area contributed by atoms with Crippen molar-refractivity contribution in [2.24, 2.45) is 29.1 Å². The first-order valence-corrected chi connectivity index (χ1v) is 23.2. The van der Waals surface area contributed by atoms with E-state index in [-0.39, 0.29) is 43.5 Å². The predicted molar refractivity (Wildman–Crippen MR) is 231 cm³/mol. The van der Waals surface area contributed by atoms with Gasteiger partial charge in [0.2, 0.25) is 0 Å². The fourth-order valence-electron chi connectivity index (χ4n) is 10.9. The van der Waals surface area contributed by atoms with E-state index in [4.69, 9.17) is 28.4 Å². The van der Waals surface area contributed by atoms with E-state index in [2.05, 4.69) is 31.4 Å². The Kier molecular flexibility index (Phi) is 18.3. The lowest BCUT2D eigenvalue weighted by atomic mass is 9.72. The van der Waals surface area contributed by atoms with Gasteiger partial charge in [0.25, 0.3) is 0 Å². The van der Waals surface area contributed by atoms with E-state index in [1.54, 1.807) is 14.0 Å². The third-order valence-electron chi connectivity index (χ3n) is 15.0. The molecule has 14 heteroatoms. The van der Waals surface area contributed by atoms with Crippen molar-refractivity contribution in [1.82, 2.24) is 15.5 Å². The molecule has 3 saturated heterocycles. The Hall–Kier alpha value is -1.01. The fraction of sp³-hybridized carbons (Fsp3) is 0.978. The first-order chi connectivity index (χ1) is 27.9. The number of aliphatic hydroxyl groups excluding tert-OH is 2. The Bertz CT molecular complexity index is 1330. The number of likely N-dealkylation sites (N-methyl/N-ethyl adjacent to an activating group) is 1. The molecule has 0 spiro atoms. The minimum Gasteiger partial charge on any atom is -0.459 e. The maximum atomic E-state index is 14.5. The van der Waals surface area contributed by atoms with Crippen LogP contribution in [-0.2, 0) is 33.2 Å². The van der Waals surface area contributed by atoms with Crippen molar-refractivity contribution in [3.8, 4) is 0 Å². The van der Waals surface area contributed by atoms with Crippen LogP contribution in [0, 0.1) is 29.1 Å². The molecule has 352 valence electrons. The van der Waals surface area contributed by atoms with Crippen LogP contribution in [0.25, 0.3) is 0 Å². The predicted octanol–water partition coefficient (Wildman–Crippen LogP) is 4.37. The van der Waals surface area contributed by atoms with Crippen molar-refractivity contribution in [2.75, 3.05) is 40.8 Å². The van der Waals surface area contributed by atoms with Gasteiger partial charge in [0.05, 0.1) is 36.4 Å². The van der Waals surface area contributed by atoms with Gasteiger partial charge in [-0.25, -0.2) is 0 Å². The van der Waals surface area contributed by atoms with E-state index in [9.17, 15) is 25.2 Å². The molecule has 4 rings (SSSR count). The monoisotopic (exact) mass is 858 g/mol. The van der Waals surface area contributed by atoms with Crippen LogP contribution in [0.1, 0.15) is 134 Å². The lowest BCUT2D eigenvalue weighted by Gasteiger charge is -2.54. The van der Waals surface area contributed by atoms with Crippen LogP contribution in [0.4, 0.5) is 0 Å². The number of methoxy groups -OCH3 is 1. The molecule has 0 unspecified atom stereocenters. The molecule has 1 aliphatic carbocycles. The highest BCUT2D eigenvalue weighted by atomic mass is 16.7. The van der Waals surface area contributed by atoms with E-state index in [1.807, 2.05) is 60.5 Å². The first-order valence-electron chi connectivity index (χ1n) is 23.2. The molecular formula is C46H87N3O11. The number of rotatable bonds is 11. The summed E-state index contributed by atoms with van der Waals surface area (Å²) in [5.74, 6) is -1.85. The van der Waals surface area contributed by atoms with Gasteiger partial charge in [-0.1, -0.05) is 53.9 Å². The van der Waals surface area contributed by atoms with Gasteiger partial charge in [0.15, 0.2) is 12.6 Å². The number of ether oxygens (including phenoxy) is 6. The van der Waals surface area contributed by atoms with Crippen LogP contribution in [-0.4, -0.2) is 156 Å². The zero-order valence-corrected chi connectivity index (χ0v) is 39.7. The molecule has 3 heterocycles. The van der Waals surface area contributed by atoms with E-state index < -0.39 is 89.2 Å². The van der Waals surface area contributed by atoms with Gasteiger partial charge in [-0.05, 0) is 112 Å². The topological polar surface area (TPSA) is 181 Å². The number of cyclic esters (lactones) is 1. The van der Waals surface area contributed by atoms with Crippen LogP contribution >= 0.6 is 0 Å². The highest BCUT2D eigenvalue weighted by Gasteiger charge is 2.58. The molecule has 14 nitrogen and oxygen atoms in total. The lowest BCUT2D eigenvalue weighted by molar-refractivity contribution is -0.334. The molecule has 0 aromatic heterocycles. The van der Waals surface area contributed by atoms with Gasteiger partial charge < -0.3 is 64.4 Å². The summed E-state index contributed by atoms with van der Waals surface area (Å²) in [6, 6.07) is -0.257. The maximum Gasteiger partial charge on any atom is 0.311 e. The third-order valence-corrected chi connectivity index (χ3v) is 15.0. The smallest absolute Gasteiger partial charge is 0.311 e. The van der Waals surface area contributed by atoms with Crippen LogP contribution in [0.5, 0.6) is 0 Å². The SMILES string of the molecule is CC[C@H]1OC(=O)[C@H](C)[C@H](O[C@@H]2C[C@](C)(OC)[C@@](O)(CNCC3CCCCC3)[C@H](C)O2)[C@H](C)[C@@H](O[C@@H]2O[C@H](C)C[C@H](N(C)C)[C@H]2O)C(C)(C)C[C@@H](C)NC[C@H](C)[C@@H](O)[C@]1(C)O. The molecule has 17 atom stereocenters. The molecule has 0 aromatic rings. The van der Waals surface area contributed by atoms with Crippen LogP contribution in [0.2, 0.25) is 0 Å². The molecule has 3 aliphatic heterocycles. The van der Waals surface area contributed by atoms with Crippen molar-refractivity contribution in [3.05, 3.63) is 0 Å². The molecule has 60 heavy (non-hydrogen) atoms. The second-order valence-electron chi connectivity index (χ2n) is 20.8. The average molecular weight is 858 g/mol. The van der Waals surface area contributed by atoms with Gasteiger partial charge >= 0.3 is 5.97 Å². The summed E-state index contributed by atoms with van der Waals surface area (Å²) in [6.07, 6.45) is 0.357. The van der Waals surface area contributed by atoms with Crippen molar-refractivity contribution >= 4 is 5.97 Å². The summed E-state index contributed by atoms with van der Waals surface area (Å²) in [5, 5.41) is 54.5. The number of hydrogen-bond donors (Lipinski definition) is 6. The average Bonchev–Trinajstić information content (AvgIpc) is 3.19. The normalized spacial score (nSPS) is 45.8. The second-order valence-corrected chi connectivity index (χ2v) is 20.8. The number of carbonyl (C=O) groups excluding carboxylic acids is 1. The molecule has 0 aromatic carbocycles. The first kappa shape index (κ1) is 51.6. The number of aliphatic hydroxyl groups is 4. The zero-order chi connectivity index (χ0) is 45.0. The van der Waals surface area contributed by atoms with Crippen molar-refractivity contribution in [3.63, 3.8) is 0 Å². The quantitative estimate of drug-likeness (QED) is 0.161. The summed E-state index contributed by atoms with van der Waals surface area (Å²) in [4.78, 5) is 16.5. The number of esters is 1. The maximum absolute atomic E-state index is 14.5. The van der Waals surface area contributed by atoms with E-state index >= 15 is 0 Å². The Labute approximate surface area is 362 Å². The number of hydrogen-bond acceptors (Lipinski definition) is 14. The van der Waals surface area contributed by atoms with Gasteiger partial charge in [-0.3, -0.25) is 4.79 Å². The number of nitrogens with one attached hydrogen (secondary N) is 2. The van der Waals surface area contributed by atoms with Crippen LogP contribution in [0.15, 0.2) is 0 Å². The zero-order valence-electron chi connectivity index (χ0n) is 39.7. The molecule has 0 radical (unpaired) electrons. The van der Waals surface area contributed by atoms with Gasteiger partial charge in [0.1, 0.15) is 29.0 Å². The molecule has 4 fully saturated rings. The minimum atomic E-state index is -1.74. The Morgan fingerprint density at radius 3 is 2.18 bits per heavy atom. The minimum absolute atomic E-state index is 0.0559.